The molecular formula is C104H90. The van der Waals surface area contributed by atoms with E-state index in [9.17, 15) is 0 Å². The smallest absolute Gasteiger partial charge is 0.00132 e. The van der Waals surface area contributed by atoms with Gasteiger partial charge in [0.25, 0.3) is 0 Å². The highest BCUT2D eigenvalue weighted by Gasteiger charge is 2.34. The summed E-state index contributed by atoms with van der Waals surface area (Å²) in [5, 5.41) is 39.1. The summed E-state index contributed by atoms with van der Waals surface area (Å²) in [6.07, 6.45) is 0. The predicted molar refractivity (Wildman–Crippen MR) is 459 cm³/mol. The molecule has 0 spiro atoms. The highest BCUT2D eigenvalue weighted by molar-refractivity contribution is 6.41. The van der Waals surface area contributed by atoms with Crippen LogP contribution < -0.4 is 0 Å². The molecule has 0 aliphatic rings. The van der Waals surface area contributed by atoms with Crippen LogP contribution >= 0.6 is 0 Å². The zero-order valence-electron chi connectivity index (χ0n) is 63.8. The fraction of sp³-hybridized carbons (Fsp3) is 0.231. The monoisotopic (exact) mass is 1340 g/mol. The van der Waals surface area contributed by atoms with E-state index in [1.807, 2.05) is 0 Å². The Morgan fingerprint density at radius 2 is 0.288 bits per heavy atom. The topological polar surface area (TPSA) is 0 Å². The third kappa shape index (κ3) is 8.97. The van der Waals surface area contributed by atoms with Crippen LogP contribution in [0.15, 0.2) is 218 Å². The third-order valence-corrected chi connectivity index (χ3v) is 24.8. The summed E-state index contributed by atoms with van der Waals surface area (Å²) in [6.45, 7) is 42.8. The van der Waals surface area contributed by atoms with Gasteiger partial charge in [-0.15, -0.1) is 0 Å². The van der Waals surface area contributed by atoms with E-state index in [2.05, 4.69) is 343 Å². The van der Waals surface area contributed by atoms with E-state index in [1.165, 1.54) is 239 Å². The second-order valence-corrected chi connectivity index (χ2v) is 37.6. The molecule has 0 aliphatic carbocycles. The zero-order chi connectivity index (χ0) is 71.9. The van der Waals surface area contributed by atoms with Gasteiger partial charge < -0.3 is 0 Å². The second-order valence-electron chi connectivity index (χ2n) is 37.6. The van der Waals surface area contributed by atoms with Crippen molar-refractivity contribution >= 4 is 162 Å². The van der Waals surface area contributed by atoms with E-state index in [4.69, 9.17) is 0 Å². The van der Waals surface area contributed by atoms with Gasteiger partial charge in [0.2, 0.25) is 0 Å². The molecule has 0 saturated heterocycles. The molecule has 0 bridgehead atoms. The van der Waals surface area contributed by atoms with Crippen molar-refractivity contribution in [3.63, 3.8) is 0 Å². The Morgan fingerprint density at radius 3 is 0.471 bits per heavy atom. The van der Waals surface area contributed by atoms with Gasteiger partial charge in [-0.25, -0.2) is 0 Å². The first-order valence-electron chi connectivity index (χ1n) is 38.1. The minimum atomic E-state index is -0.266. The van der Waals surface area contributed by atoms with Crippen LogP contribution in [-0.4, -0.2) is 0 Å². The van der Waals surface area contributed by atoms with Crippen molar-refractivity contribution in [1.82, 2.24) is 0 Å². The highest BCUT2D eigenvalue weighted by Crippen LogP contribution is 2.60. The first-order valence-corrected chi connectivity index (χ1v) is 38.1. The van der Waals surface area contributed by atoms with Crippen molar-refractivity contribution in [2.75, 3.05) is 0 Å². The lowest BCUT2D eigenvalue weighted by molar-refractivity contribution is 0.591. The Hall–Kier alpha value is -10.4. The maximum absolute atomic E-state index is 2.66. The molecular weight excluding hydrogens is 1250 g/mol. The molecule has 0 aliphatic heterocycles. The van der Waals surface area contributed by atoms with Crippen molar-refractivity contribution in [3.8, 4) is 44.5 Å². The van der Waals surface area contributed by atoms with E-state index >= 15 is 0 Å². The van der Waals surface area contributed by atoms with E-state index in [0.29, 0.717) is 0 Å². The van der Waals surface area contributed by atoms with Gasteiger partial charge in [-0.1, -0.05) is 319 Å². The minimum absolute atomic E-state index is 0.0142. The Morgan fingerprint density at radius 1 is 0.135 bits per heavy atom. The summed E-state index contributed by atoms with van der Waals surface area (Å²) in [5.41, 5.74) is 17.7. The van der Waals surface area contributed by atoms with Gasteiger partial charge in [-0.2, -0.15) is 0 Å². The molecule has 0 N–H and O–H groups in total. The fourth-order valence-electron chi connectivity index (χ4n) is 19.0. The van der Waals surface area contributed by atoms with Crippen LogP contribution in [0.3, 0.4) is 0 Å². The van der Waals surface area contributed by atoms with Gasteiger partial charge in [0.05, 0.1) is 0 Å². The summed E-state index contributed by atoms with van der Waals surface area (Å²) in [7, 11) is 0. The zero-order valence-corrected chi connectivity index (χ0v) is 63.8. The van der Waals surface area contributed by atoms with E-state index in [0.717, 1.165) is 0 Å². The van der Waals surface area contributed by atoms with Crippen molar-refractivity contribution < 1.29 is 0 Å². The van der Waals surface area contributed by atoms with Crippen LogP contribution in [0.2, 0.25) is 0 Å². The van der Waals surface area contributed by atoms with E-state index in [1.54, 1.807) is 0 Å². The molecule has 0 unspecified atom stereocenters. The molecule has 0 fully saturated rings. The standard InChI is InChI=1S/C104H90/c1-99(2,3)67-43-59-23-19-55-27-35-77(73-39-31-63(47-67)85(59)89(55)73)93-81-51-71(103(13,14)15)53-83-95(79-37-29-57-21-25-61-45-69(101(7,8)9)49-65-33-41-75(79)91(57)87(61)65)96(80-38-30-58-22-26-62-46-70(102(10,11)12)50-66-34-42-76(80)92(58)88(62)66)84-54-72(104(16,17)18)52-82(98(84)97(81)83)94(93)78-36-28-56-20-24-60-44-68(100(4,5)6)48-64-32-40-74(78)90(56)86(60)64/h19-54H,1-18H3. The Balaban J connectivity index is 1.04. The SMILES string of the molecule is CC(C)(C)c1cc2ccc3ccc(-c4c(-c5ccc6ccc7cc(C(C)(C)C)cc8ccc5c6c78)c5cc(C(C)(C)C)cc6c(-c7ccc8ccc9cc(C(C)(C)C)cc%10ccc7c8c9%10)c(-c7ccc8ccc9cc(C(C)(C)C)cc%10ccc7c8c9%10)c7cc(C(C)(C)C)cc4c7c56)c4ccc(c1)c2c34. The molecule has 0 radical (unpaired) electrons. The Labute approximate surface area is 611 Å². The molecule has 0 saturated carbocycles. The van der Waals surface area contributed by atoms with Crippen LogP contribution in [0.5, 0.6) is 0 Å². The lowest BCUT2D eigenvalue weighted by Crippen LogP contribution is -2.13. The number of hydrogen-bond acceptors (Lipinski definition) is 0. The van der Waals surface area contributed by atoms with E-state index in [-0.39, 0.29) is 32.5 Å². The minimum Gasteiger partial charge on any atom is -0.0561 e. The van der Waals surface area contributed by atoms with Gasteiger partial charge in [0.15, 0.2) is 0 Å². The molecule has 0 nitrogen and oxygen atoms in total. The summed E-state index contributed by atoms with van der Waals surface area (Å²) in [6, 6.07) is 89.2. The van der Waals surface area contributed by atoms with Gasteiger partial charge in [0.1, 0.15) is 0 Å². The maximum Gasteiger partial charge on any atom is -0.00132 e. The highest BCUT2D eigenvalue weighted by atomic mass is 14.4. The summed E-state index contributed by atoms with van der Waals surface area (Å²) in [5.74, 6) is 0. The molecule has 20 aromatic rings. The first kappa shape index (κ1) is 63.3. The number of rotatable bonds is 4. The summed E-state index contributed by atoms with van der Waals surface area (Å²) < 4.78 is 0. The lowest BCUT2D eigenvalue weighted by Gasteiger charge is -2.31. The first-order chi connectivity index (χ1) is 49.3. The molecule has 0 heterocycles. The van der Waals surface area contributed by atoms with Crippen LogP contribution in [0.25, 0.3) is 206 Å². The molecule has 20 aromatic carbocycles. The molecule has 0 heteroatoms. The van der Waals surface area contributed by atoms with Crippen LogP contribution in [0.4, 0.5) is 0 Å². The maximum atomic E-state index is 2.66. The van der Waals surface area contributed by atoms with Crippen LogP contribution in [0, 0.1) is 0 Å². The lowest BCUT2D eigenvalue weighted by atomic mass is 9.72. The Kier molecular flexibility index (Phi) is 12.6. The van der Waals surface area contributed by atoms with Crippen molar-refractivity contribution in [1.29, 1.82) is 0 Å². The van der Waals surface area contributed by atoms with Crippen molar-refractivity contribution in [2.24, 2.45) is 0 Å². The molecule has 506 valence electrons. The molecule has 20 rings (SSSR count). The summed E-state index contributed by atoms with van der Waals surface area (Å²) >= 11 is 0. The second kappa shape index (κ2) is 20.7. The normalized spacial score (nSPS) is 13.7. The molecule has 0 amide bonds. The van der Waals surface area contributed by atoms with Crippen LogP contribution in [0.1, 0.15) is 158 Å². The quantitative estimate of drug-likeness (QED) is 0.154. The predicted octanol–water partition coefficient (Wildman–Crippen LogP) is 30.6. The average Bonchev–Trinajstić information content (AvgIpc) is 0.676. The number of benzene rings is 20. The van der Waals surface area contributed by atoms with Crippen molar-refractivity contribution in [3.05, 3.63) is 252 Å². The van der Waals surface area contributed by atoms with Gasteiger partial charge in [-0.05, 0) is 296 Å². The largest absolute Gasteiger partial charge is 0.0561 e. The Bertz CT molecular complexity index is 6190. The van der Waals surface area contributed by atoms with Crippen LogP contribution in [-0.2, 0) is 32.5 Å². The molecule has 0 aromatic heterocycles. The van der Waals surface area contributed by atoms with Gasteiger partial charge >= 0.3 is 0 Å². The van der Waals surface area contributed by atoms with Crippen molar-refractivity contribution in [2.45, 2.75) is 157 Å². The van der Waals surface area contributed by atoms with Gasteiger partial charge in [-0.3, -0.25) is 0 Å². The molecule has 104 heavy (non-hydrogen) atoms. The fourth-order valence-corrected chi connectivity index (χ4v) is 19.0. The molecule has 0 atom stereocenters. The van der Waals surface area contributed by atoms with E-state index < -0.39 is 0 Å². The van der Waals surface area contributed by atoms with Gasteiger partial charge in [0, 0.05) is 0 Å². The average molecular weight is 1340 g/mol. The third-order valence-electron chi connectivity index (χ3n) is 24.8. The number of hydrogen-bond donors (Lipinski definition) is 0. The summed E-state index contributed by atoms with van der Waals surface area (Å²) in [4.78, 5) is 0.